The topological polar surface area (TPSA) is 78.6 Å². The third kappa shape index (κ3) is 6.26. The molecule has 0 saturated carbocycles. The third-order valence-electron chi connectivity index (χ3n) is 5.28. The van der Waals surface area contributed by atoms with Crippen molar-refractivity contribution in [1.29, 1.82) is 0 Å². The predicted octanol–water partition coefficient (Wildman–Crippen LogP) is 3.02. The van der Waals surface area contributed by atoms with Crippen molar-refractivity contribution in [3.05, 3.63) is 34.4 Å². The predicted molar refractivity (Wildman–Crippen MR) is 118 cm³/mol. The van der Waals surface area contributed by atoms with Gasteiger partial charge in [0.25, 0.3) is 0 Å². The summed E-state index contributed by atoms with van der Waals surface area (Å²) in [5.74, 6) is 1.52. The van der Waals surface area contributed by atoms with Crippen LogP contribution in [0.5, 0.6) is 11.5 Å². The first kappa shape index (κ1) is 24.6. The van der Waals surface area contributed by atoms with Crippen molar-refractivity contribution in [3.8, 4) is 11.5 Å². The van der Waals surface area contributed by atoms with Gasteiger partial charge in [0.15, 0.2) is 26.1 Å². The SMILES string of the molecule is CCOc1cc(CN(C)Cn2nc(CC3CCS(=O)(=O)C3)n(C)c2=S)ccc1OC(F)F. The van der Waals surface area contributed by atoms with E-state index >= 15 is 0 Å². The van der Waals surface area contributed by atoms with Gasteiger partial charge in [-0.05, 0) is 56.2 Å². The molecule has 1 aromatic carbocycles. The van der Waals surface area contributed by atoms with Crippen LogP contribution in [0.4, 0.5) is 8.78 Å². The van der Waals surface area contributed by atoms with E-state index < -0.39 is 16.4 Å². The lowest BCUT2D eigenvalue weighted by Gasteiger charge is -2.18. The molecule has 1 fully saturated rings. The Morgan fingerprint density at radius 3 is 2.72 bits per heavy atom. The third-order valence-corrected chi connectivity index (χ3v) is 7.60. The monoisotopic (exact) mass is 490 g/mol. The van der Waals surface area contributed by atoms with Gasteiger partial charge in [-0.1, -0.05) is 6.07 Å². The number of aromatic nitrogens is 3. The second-order valence-electron chi connectivity index (χ2n) is 7.98. The Balaban J connectivity index is 1.68. The molecule has 1 aromatic heterocycles. The number of alkyl halides is 2. The summed E-state index contributed by atoms with van der Waals surface area (Å²) in [5.41, 5.74) is 0.858. The van der Waals surface area contributed by atoms with E-state index in [0.29, 0.717) is 37.4 Å². The van der Waals surface area contributed by atoms with Crippen molar-refractivity contribution in [2.45, 2.75) is 39.6 Å². The minimum atomic E-state index is -2.94. The number of ether oxygens (including phenoxy) is 2. The molecule has 0 N–H and O–H groups in total. The smallest absolute Gasteiger partial charge is 0.387 e. The fourth-order valence-electron chi connectivity index (χ4n) is 3.80. The first-order valence-electron chi connectivity index (χ1n) is 10.3. The molecule has 8 nitrogen and oxygen atoms in total. The normalized spacial score (nSPS) is 17.9. The molecular formula is C20H28F2N4O4S2. The Bertz CT molecular complexity index is 1100. The van der Waals surface area contributed by atoms with E-state index in [1.807, 2.05) is 23.6 Å². The number of hydrogen-bond donors (Lipinski definition) is 0. The van der Waals surface area contributed by atoms with E-state index in [-0.39, 0.29) is 28.9 Å². The number of rotatable bonds is 10. The molecule has 0 bridgehead atoms. The highest BCUT2D eigenvalue weighted by Crippen LogP contribution is 2.30. The maximum Gasteiger partial charge on any atom is 0.387 e. The van der Waals surface area contributed by atoms with Crippen LogP contribution in [-0.4, -0.2) is 59.4 Å². The molecule has 178 valence electrons. The van der Waals surface area contributed by atoms with Gasteiger partial charge in [0.2, 0.25) is 0 Å². The van der Waals surface area contributed by atoms with Crippen LogP contribution in [-0.2, 0) is 36.5 Å². The van der Waals surface area contributed by atoms with Crippen LogP contribution in [0.2, 0.25) is 0 Å². The van der Waals surface area contributed by atoms with Gasteiger partial charge >= 0.3 is 6.61 Å². The van der Waals surface area contributed by atoms with Gasteiger partial charge in [-0.15, -0.1) is 0 Å². The Hall–Kier alpha value is -2.05. The zero-order valence-electron chi connectivity index (χ0n) is 18.3. The van der Waals surface area contributed by atoms with E-state index in [2.05, 4.69) is 9.84 Å². The average Bonchev–Trinajstić information content (AvgIpc) is 3.17. The fraction of sp³-hybridized carbons (Fsp3) is 0.600. The van der Waals surface area contributed by atoms with Crippen LogP contribution < -0.4 is 9.47 Å². The van der Waals surface area contributed by atoms with Crippen molar-refractivity contribution in [2.24, 2.45) is 13.0 Å². The molecule has 3 rings (SSSR count). The van der Waals surface area contributed by atoms with Gasteiger partial charge in [0, 0.05) is 20.0 Å². The first-order valence-corrected chi connectivity index (χ1v) is 12.5. The van der Waals surface area contributed by atoms with E-state index in [4.69, 9.17) is 17.0 Å². The van der Waals surface area contributed by atoms with Gasteiger partial charge in [0.1, 0.15) is 5.82 Å². The quantitative estimate of drug-likeness (QED) is 0.474. The fourth-order valence-corrected chi connectivity index (χ4v) is 5.86. The van der Waals surface area contributed by atoms with E-state index in [1.165, 1.54) is 6.07 Å². The van der Waals surface area contributed by atoms with E-state index in [0.717, 1.165) is 11.4 Å². The highest BCUT2D eigenvalue weighted by atomic mass is 32.2. The number of hydrogen-bond acceptors (Lipinski definition) is 7. The molecule has 12 heteroatoms. The summed E-state index contributed by atoms with van der Waals surface area (Å²) >= 11 is 5.51. The Labute approximate surface area is 191 Å². The van der Waals surface area contributed by atoms with Crippen molar-refractivity contribution >= 4 is 22.1 Å². The van der Waals surface area contributed by atoms with Crippen molar-refractivity contribution < 1.29 is 26.7 Å². The molecule has 32 heavy (non-hydrogen) atoms. The van der Waals surface area contributed by atoms with Gasteiger partial charge in [-0.3, -0.25) is 4.90 Å². The van der Waals surface area contributed by atoms with Crippen LogP contribution in [0.3, 0.4) is 0 Å². The number of nitrogens with zero attached hydrogens (tertiary/aromatic N) is 4. The summed E-state index contributed by atoms with van der Waals surface area (Å²) in [7, 11) is 0.785. The Kier molecular flexibility index (Phi) is 7.88. The van der Waals surface area contributed by atoms with Crippen molar-refractivity contribution in [1.82, 2.24) is 19.2 Å². The molecule has 0 spiro atoms. The maximum atomic E-state index is 12.6. The lowest BCUT2D eigenvalue weighted by atomic mass is 10.1. The molecular weight excluding hydrogens is 462 g/mol. The van der Waals surface area contributed by atoms with Crippen molar-refractivity contribution in [2.75, 3.05) is 25.2 Å². The molecule has 2 aromatic rings. The molecule has 0 aliphatic carbocycles. The minimum absolute atomic E-state index is 0.00114. The van der Waals surface area contributed by atoms with Gasteiger partial charge < -0.3 is 14.0 Å². The maximum absolute atomic E-state index is 12.6. The summed E-state index contributed by atoms with van der Waals surface area (Å²) in [5, 5.41) is 4.61. The highest BCUT2D eigenvalue weighted by molar-refractivity contribution is 7.91. The number of sulfone groups is 1. The number of halogens is 2. The highest BCUT2D eigenvalue weighted by Gasteiger charge is 2.29. The molecule has 0 amide bonds. The molecule has 1 aliphatic heterocycles. The van der Waals surface area contributed by atoms with Crippen LogP contribution >= 0.6 is 12.2 Å². The molecule has 2 heterocycles. The van der Waals surface area contributed by atoms with Gasteiger partial charge in [0.05, 0.1) is 24.8 Å². The Morgan fingerprint density at radius 2 is 2.09 bits per heavy atom. The molecule has 1 saturated heterocycles. The van der Waals surface area contributed by atoms with Crippen LogP contribution in [0, 0.1) is 10.7 Å². The zero-order valence-corrected chi connectivity index (χ0v) is 20.0. The molecule has 1 unspecified atom stereocenters. The first-order chi connectivity index (χ1) is 15.1. The lowest BCUT2D eigenvalue weighted by molar-refractivity contribution is -0.0514. The summed E-state index contributed by atoms with van der Waals surface area (Å²) < 4.78 is 62.7. The second-order valence-corrected chi connectivity index (χ2v) is 10.6. The van der Waals surface area contributed by atoms with E-state index in [9.17, 15) is 17.2 Å². The largest absolute Gasteiger partial charge is 0.490 e. The standard InChI is InChI=1S/C20H28F2N4O4S2/c1-4-29-17-9-14(5-6-16(17)30-19(21)22)11-24(2)13-26-20(31)25(3)18(23-26)10-15-7-8-32(27,28)12-15/h5-6,9,15,19H,4,7-8,10-13H2,1-3H3. The summed E-state index contributed by atoms with van der Waals surface area (Å²) in [6.45, 7) is 0.0880. The average molecular weight is 491 g/mol. The van der Waals surface area contributed by atoms with Crippen LogP contribution in [0.25, 0.3) is 0 Å². The van der Waals surface area contributed by atoms with Crippen molar-refractivity contribution in [3.63, 3.8) is 0 Å². The number of benzene rings is 1. The summed E-state index contributed by atoms with van der Waals surface area (Å²) in [4.78, 5) is 1.98. The summed E-state index contributed by atoms with van der Waals surface area (Å²) in [6.07, 6.45) is 1.22. The lowest BCUT2D eigenvalue weighted by Crippen LogP contribution is -2.22. The zero-order chi connectivity index (χ0) is 23.5. The second kappa shape index (κ2) is 10.3. The van der Waals surface area contributed by atoms with Gasteiger partial charge in [-0.25, -0.2) is 13.1 Å². The van der Waals surface area contributed by atoms with Crippen LogP contribution in [0.1, 0.15) is 24.7 Å². The molecule has 1 aliphatic rings. The van der Waals surface area contributed by atoms with E-state index in [1.54, 1.807) is 23.7 Å². The van der Waals surface area contributed by atoms with Gasteiger partial charge in [-0.2, -0.15) is 13.9 Å². The molecule has 0 radical (unpaired) electrons. The van der Waals surface area contributed by atoms with Crippen LogP contribution in [0.15, 0.2) is 18.2 Å². The minimum Gasteiger partial charge on any atom is -0.490 e. The Morgan fingerprint density at radius 1 is 1.34 bits per heavy atom. The molecule has 1 atom stereocenters. The summed E-state index contributed by atoms with van der Waals surface area (Å²) in [6, 6.07) is 4.86.